The van der Waals surface area contributed by atoms with E-state index in [-0.39, 0.29) is 29.6 Å². The van der Waals surface area contributed by atoms with Gasteiger partial charge in [0.2, 0.25) is 5.91 Å². The smallest absolute Gasteiger partial charge is 0.251 e. The highest BCUT2D eigenvalue weighted by Gasteiger charge is 2.33. The third-order valence-corrected chi connectivity index (χ3v) is 4.60. The molecule has 5 nitrogen and oxygen atoms in total. The van der Waals surface area contributed by atoms with Gasteiger partial charge in [0.25, 0.3) is 5.91 Å². The molecule has 0 aliphatic carbocycles. The summed E-state index contributed by atoms with van der Waals surface area (Å²) in [5.74, 6) is -0.130. The number of halogens is 1. The Hall–Kier alpha value is -1.95. The number of nitrogens with one attached hydrogen (secondary N) is 2. The van der Waals surface area contributed by atoms with Crippen LogP contribution >= 0.6 is 0 Å². The summed E-state index contributed by atoms with van der Waals surface area (Å²) < 4.78 is 12.9. The first kappa shape index (κ1) is 15.9. The number of carbonyl (C=O) groups is 2. The molecule has 2 saturated heterocycles. The molecule has 2 atom stereocenters. The monoisotopic (exact) mass is 319 g/mol. The zero-order chi connectivity index (χ0) is 16.2. The lowest BCUT2D eigenvalue weighted by Crippen LogP contribution is -2.42. The maximum atomic E-state index is 12.9. The van der Waals surface area contributed by atoms with E-state index in [1.54, 1.807) is 0 Å². The molecule has 2 fully saturated rings. The van der Waals surface area contributed by atoms with E-state index in [1.807, 2.05) is 4.90 Å². The van der Waals surface area contributed by atoms with Crippen molar-refractivity contribution in [2.24, 2.45) is 5.92 Å². The molecule has 2 amide bonds. The molecule has 3 rings (SSSR count). The Morgan fingerprint density at radius 1 is 1.22 bits per heavy atom. The highest BCUT2D eigenvalue weighted by molar-refractivity contribution is 5.94. The van der Waals surface area contributed by atoms with Gasteiger partial charge in [0.15, 0.2) is 0 Å². The van der Waals surface area contributed by atoms with E-state index < -0.39 is 0 Å². The second-order valence-electron chi connectivity index (χ2n) is 6.31. The fourth-order valence-corrected chi connectivity index (χ4v) is 3.25. The van der Waals surface area contributed by atoms with Crippen LogP contribution in [0.4, 0.5) is 4.39 Å². The van der Waals surface area contributed by atoms with Crippen molar-refractivity contribution in [1.82, 2.24) is 15.5 Å². The number of rotatable bonds is 4. The molecule has 1 unspecified atom stereocenters. The number of benzene rings is 1. The highest BCUT2D eigenvalue weighted by atomic mass is 19.1. The number of amides is 2. The Bertz CT molecular complexity index is 570. The third-order valence-electron chi connectivity index (χ3n) is 4.60. The molecule has 2 aliphatic heterocycles. The summed E-state index contributed by atoms with van der Waals surface area (Å²) >= 11 is 0. The largest absolute Gasteiger partial charge is 0.352 e. The molecule has 2 aliphatic rings. The molecular weight excluding hydrogens is 297 g/mol. The second kappa shape index (κ2) is 7.08. The number of hydrogen-bond acceptors (Lipinski definition) is 3. The van der Waals surface area contributed by atoms with Crippen molar-refractivity contribution in [3.8, 4) is 0 Å². The Morgan fingerprint density at radius 3 is 2.61 bits per heavy atom. The Labute approximate surface area is 135 Å². The number of hydrogen-bond donors (Lipinski definition) is 2. The number of carbonyl (C=O) groups excluding carboxylic acids is 2. The molecule has 1 aromatic carbocycles. The quantitative estimate of drug-likeness (QED) is 0.875. The van der Waals surface area contributed by atoms with Gasteiger partial charge in [-0.2, -0.15) is 0 Å². The van der Waals surface area contributed by atoms with Gasteiger partial charge in [-0.05, 0) is 49.4 Å². The van der Waals surface area contributed by atoms with Gasteiger partial charge >= 0.3 is 0 Å². The summed E-state index contributed by atoms with van der Waals surface area (Å²) in [6, 6.07) is 5.36. The van der Waals surface area contributed by atoms with Crippen molar-refractivity contribution in [1.29, 1.82) is 0 Å². The van der Waals surface area contributed by atoms with Crippen LogP contribution in [-0.4, -0.2) is 48.9 Å². The molecule has 2 heterocycles. The fraction of sp³-hybridized carbons (Fsp3) is 0.529. The molecule has 6 heteroatoms. The van der Waals surface area contributed by atoms with Crippen molar-refractivity contribution in [2.75, 3.05) is 26.2 Å². The van der Waals surface area contributed by atoms with Gasteiger partial charge < -0.3 is 15.5 Å². The predicted molar refractivity (Wildman–Crippen MR) is 84.4 cm³/mol. The molecule has 0 radical (unpaired) electrons. The van der Waals surface area contributed by atoms with E-state index >= 15 is 0 Å². The van der Waals surface area contributed by atoms with E-state index in [0.717, 1.165) is 38.9 Å². The molecule has 23 heavy (non-hydrogen) atoms. The summed E-state index contributed by atoms with van der Waals surface area (Å²) in [5.41, 5.74) is 0.446. The van der Waals surface area contributed by atoms with Crippen molar-refractivity contribution < 1.29 is 14.0 Å². The van der Waals surface area contributed by atoms with E-state index in [1.165, 1.54) is 24.3 Å². The zero-order valence-corrected chi connectivity index (χ0v) is 13.1. The summed E-state index contributed by atoms with van der Waals surface area (Å²) in [4.78, 5) is 26.3. The summed E-state index contributed by atoms with van der Waals surface area (Å²) in [5, 5.41) is 6.13. The van der Waals surface area contributed by atoms with Gasteiger partial charge in [-0.25, -0.2) is 4.39 Å². The van der Waals surface area contributed by atoms with Crippen LogP contribution < -0.4 is 10.6 Å². The van der Waals surface area contributed by atoms with Crippen LogP contribution in [0.1, 0.15) is 29.6 Å². The summed E-state index contributed by atoms with van der Waals surface area (Å²) in [7, 11) is 0. The lowest BCUT2D eigenvalue weighted by molar-refractivity contribution is -0.132. The lowest BCUT2D eigenvalue weighted by atomic mass is 10.0. The standard InChI is InChI=1S/C17H22FN3O2/c18-14-5-3-13(4-6-14)16(22)20-11-12-9-15(19-10-12)17(23)21-7-1-2-8-21/h3-6,12,15,19H,1-2,7-11H2,(H,20,22)/t12?,15-/m0/s1. The minimum absolute atomic E-state index is 0.124. The minimum atomic E-state index is -0.357. The Balaban J connectivity index is 1.45. The van der Waals surface area contributed by atoms with Crippen LogP contribution in [0.2, 0.25) is 0 Å². The van der Waals surface area contributed by atoms with Crippen LogP contribution in [0.5, 0.6) is 0 Å². The van der Waals surface area contributed by atoms with E-state index in [4.69, 9.17) is 0 Å². The van der Waals surface area contributed by atoms with Gasteiger partial charge in [0, 0.05) is 31.7 Å². The maximum absolute atomic E-state index is 12.9. The van der Waals surface area contributed by atoms with Crippen molar-refractivity contribution >= 4 is 11.8 Å². The lowest BCUT2D eigenvalue weighted by Gasteiger charge is -2.20. The van der Waals surface area contributed by atoms with E-state index in [2.05, 4.69) is 10.6 Å². The first-order valence-corrected chi connectivity index (χ1v) is 8.19. The molecular formula is C17H22FN3O2. The maximum Gasteiger partial charge on any atom is 0.251 e. The molecule has 0 bridgehead atoms. The average molecular weight is 319 g/mol. The average Bonchev–Trinajstić information content (AvgIpc) is 3.24. The van der Waals surface area contributed by atoms with Gasteiger partial charge in [-0.3, -0.25) is 9.59 Å². The van der Waals surface area contributed by atoms with Crippen LogP contribution in [0.15, 0.2) is 24.3 Å². The topological polar surface area (TPSA) is 61.4 Å². The minimum Gasteiger partial charge on any atom is -0.352 e. The number of likely N-dealkylation sites (tertiary alicyclic amines) is 1. The normalized spacial score (nSPS) is 24.0. The van der Waals surface area contributed by atoms with E-state index in [9.17, 15) is 14.0 Å². The van der Waals surface area contributed by atoms with Gasteiger partial charge in [-0.1, -0.05) is 0 Å². The van der Waals surface area contributed by atoms with E-state index in [0.29, 0.717) is 12.1 Å². The molecule has 124 valence electrons. The SMILES string of the molecule is O=C(NCC1CN[C@H](C(=O)N2CCCC2)C1)c1ccc(F)cc1. The van der Waals surface area contributed by atoms with Crippen LogP contribution in [0.25, 0.3) is 0 Å². The van der Waals surface area contributed by atoms with Crippen LogP contribution in [0, 0.1) is 11.7 Å². The number of nitrogens with zero attached hydrogens (tertiary/aromatic N) is 1. The summed E-state index contributed by atoms with van der Waals surface area (Å²) in [6.07, 6.45) is 2.93. The molecule has 0 spiro atoms. The van der Waals surface area contributed by atoms with Crippen molar-refractivity contribution in [3.05, 3.63) is 35.6 Å². The first-order valence-electron chi connectivity index (χ1n) is 8.19. The molecule has 1 aromatic rings. The third kappa shape index (κ3) is 3.88. The van der Waals surface area contributed by atoms with Gasteiger partial charge in [0.05, 0.1) is 6.04 Å². The second-order valence-corrected chi connectivity index (χ2v) is 6.31. The van der Waals surface area contributed by atoms with Gasteiger partial charge in [0.1, 0.15) is 5.82 Å². The fourth-order valence-electron chi connectivity index (χ4n) is 3.25. The zero-order valence-electron chi connectivity index (χ0n) is 13.1. The predicted octanol–water partition coefficient (Wildman–Crippen LogP) is 1.16. The van der Waals surface area contributed by atoms with Crippen LogP contribution in [-0.2, 0) is 4.79 Å². The molecule has 0 saturated carbocycles. The van der Waals surface area contributed by atoms with Gasteiger partial charge in [-0.15, -0.1) is 0 Å². The first-order chi connectivity index (χ1) is 11.1. The summed E-state index contributed by atoms with van der Waals surface area (Å²) in [6.45, 7) is 2.98. The highest BCUT2D eigenvalue weighted by Crippen LogP contribution is 2.18. The molecule has 0 aromatic heterocycles. The van der Waals surface area contributed by atoms with Crippen molar-refractivity contribution in [2.45, 2.75) is 25.3 Å². The Kier molecular flexibility index (Phi) is 4.91. The molecule has 2 N–H and O–H groups in total. The Morgan fingerprint density at radius 2 is 1.91 bits per heavy atom. The van der Waals surface area contributed by atoms with Crippen LogP contribution in [0.3, 0.4) is 0 Å². The van der Waals surface area contributed by atoms with Crippen molar-refractivity contribution in [3.63, 3.8) is 0 Å².